The summed E-state index contributed by atoms with van der Waals surface area (Å²) < 4.78 is 0. The van der Waals surface area contributed by atoms with Gasteiger partial charge in [-0.15, -0.1) is 11.8 Å². The van der Waals surface area contributed by atoms with E-state index in [1.54, 1.807) is 11.8 Å². The fourth-order valence-corrected chi connectivity index (χ4v) is 2.19. The number of hydrogen-bond donors (Lipinski definition) is 2. The van der Waals surface area contributed by atoms with Gasteiger partial charge < -0.3 is 10.4 Å². The molecule has 0 bridgehead atoms. The van der Waals surface area contributed by atoms with E-state index in [-0.39, 0.29) is 11.4 Å². The Morgan fingerprint density at radius 3 is 2.38 bits per heavy atom. The summed E-state index contributed by atoms with van der Waals surface area (Å²) in [4.78, 5) is 1.22. The Bertz CT molecular complexity index is 297. The zero-order valence-electron chi connectivity index (χ0n) is 10.2. The Kier molecular flexibility index (Phi) is 5.88. The Hall–Kier alpha value is -0.510. The van der Waals surface area contributed by atoms with Crippen molar-refractivity contribution in [2.24, 2.45) is 0 Å². The average molecular weight is 239 g/mol. The highest BCUT2D eigenvalue weighted by molar-refractivity contribution is 8.00. The molecule has 1 aromatic rings. The topological polar surface area (TPSA) is 32.3 Å². The maximum atomic E-state index is 9.42. The summed E-state index contributed by atoms with van der Waals surface area (Å²) in [6.45, 7) is 7.90. The van der Waals surface area contributed by atoms with E-state index < -0.39 is 0 Å². The molecular formula is C13H21NOS. The average Bonchev–Trinajstić information content (AvgIpc) is 2.28. The van der Waals surface area contributed by atoms with Crippen LogP contribution in [0.4, 0.5) is 0 Å². The summed E-state index contributed by atoms with van der Waals surface area (Å²) in [7, 11) is 0. The van der Waals surface area contributed by atoms with Crippen LogP contribution in [0.2, 0.25) is 0 Å². The molecule has 0 fully saturated rings. The van der Waals surface area contributed by atoms with E-state index in [1.807, 2.05) is 13.8 Å². The molecule has 0 aliphatic rings. The Balaban J connectivity index is 2.51. The second kappa shape index (κ2) is 6.94. The minimum Gasteiger partial charge on any atom is -0.392 e. The van der Waals surface area contributed by atoms with Crippen LogP contribution in [0.3, 0.4) is 0 Å². The second-order valence-electron chi connectivity index (χ2n) is 3.99. The van der Waals surface area contributed by atoms with Gasteiger partial charge >= 0.3 is 0 Å². The first kappa shape index (κ1) is 13.6. The lowest BCUT2D eigenvalue weighted by Gasteiger charge is -2.14. The zero-order chi connectivity index (χ0) is 12.0. The molecule has 0 heterocycles. The van der Waals surface area contributed by atoms with E-state index >= 15 is 0 Å². The highest BCUT2D eigenvalue weighted by Crippen LogP contribution is 2.25. The van der Waals surface area contributed by atoms with E-state index in [9.17, 15) is 5.11 Å². The van der Waals surface area contributed by atoms with Crippen molar-refractivity contribution in [3.63, 3.8) is 0 Å². The maximum Gasteiger partial charge on any atom is 0.0631 e. The van der Waals surface area contributed by atoms with Crippen LogP contribution < -0.4 is 5.32 Å². The van der Waals surface area contributed by atoms with Gasteiger partial charge in [0.15, 0.2) is 0 Å². The number of aliphatic hydroxyl groups excluding tert-OH is 1. The molecule has 0 aliphatic carbocycles. The van der Waals surface area contributed by atoms with Crippen molar-refractivity contribution < 1.29 is 5.11 Å². The lowest BCUT2D eigenvalue weighted by Crippen LogP contribution is -2.14. The Morgan fingerprint density at radius 1 is 1.25 bits per heavy atom. The van der Waals surface area contributed by atoms with E-state index in [4.69, 9.17) is 0 Å². The lowest BCUT2D eigenvalue weighted by atomic mass is 10.2. The molecule has 2 atom stereocenters. The van der Waals surface area contributed by atoms with Gasteiger partial charge in [-0.3, -0.25) is 0 Å². The van der Waals surface area contributed by atoms with Gasteiger partial charge in [-0.25, -0.2) is 0 Å². The normalized spacial score (nSPS) is 14.8. The molecule has 1 aromatic carbocycles. The summed E-state index contributed by atoms with van der Waals surface area (Å²) in [5, 5.41) is 13.0. The van der Waals surface area contributed by atoms with Crippen LogP contribution >= 0.6 is 11.8 Å². The first-order valence-corrected chi connectivity index (χ1v) is 6.65. The number of rotatable bonds is 6. The predicted molar refractivity (Wildman–Crippen MR) is 70.8 cm³/mol. The molecule has 0 radical (unpaired) electrons. The van der Waals surface area contributed by atoms with Crippen LogP contribution in [-0.2, 0) is 6.54 Å². The third-order valence-electron chi connectivity index (χ3n) is 2.50. The molecule has 0 saturated heterocycles. The predicted octanol–water partition coefficient (Wildman–Crippen LogP) is 2.66. The first-order chi connectivity index (χ1) is 7.63. The van der Waals surface area contributed by atoms with Crippen LogP contribution in [0, 0.1) is 0 Å². The van der Waals surface area contributed by atoms with Crippen LogP contribution in [-0.4, -0.2) is 23.0 Å². The molecule has 2 nitrogen and oxygen atoms in total. The van der Waals surface area contributed by atoms with Crippen LogP contribution in [0.1, 0.15) is 26.3 Å². The van der Waals surface area contributed by atoms with Gasteiger partial charge in [0, 0.05) is 16.7 Å². The smallest absolute Gasteiger partial charge is 0.0631 e. The minimum absolute atomic E-state index is 0.236. The van der Waals surface area contributed by atoms with Crippen molar-refractivity contribution in [1.82, 2.24) is 5.32 Å². The van der Waals surface area contributed by atoms with Gasteiger partial charge in [0.25, 0.3) is 0 Å². The summed E-state index contributed by atoms with van der Waals surface area (Å²) in [6.07, 6.45) is -0.272. The van der Waals surface area contributed by atoms with E-state index in [2.05, 4.69) is 36.5 Å². The summed E-state index contributed by atoms with van der Waals surface area (Å²) in [5.74, 6) is 0. The Labute approximate surface area is 102 Å². The van der Waals surface area contributed by atoms with Crippen molar-refractivity contribution in [3.8, 4) is 0 Å². The lowest BCUT2D eigenvalue weighted by molar-refractivity contribution is 0.196. The number of aliphatic hydroxyl groups is 1. The molecule has 16 heavy (non-hydrogen) atoms. The minimum atomic E-state index is -0.272. The van der Waals surface area contributed by atoms with Crippen LogP contribution in [0.25, 0.3) is 0 Å². The third kappa shape index (κ3) is 4.56. The second-order valence-corrected chi connectivity index (χ2v) is 5.44. The van der Waals surface area contributed by atoms with Gasteiger partial charge in [0.2, 0.25) is 0 Å². The van der Waals surface area contributed by atoms with Crippen molar-refractivity contribution in [2.45, 2.75) is 43.6 Å². The van der Waals surface area contributed by atoms with Crippen molar-refractivity contribution in [1.29, 1.82) is 0 Å². The number of nitrogens with one attached hydrogen (secondary N) is 1. The van der Waals surface area contributed by atoms with Gasteiger partial charge in [-0.05, 0) is 31.2 Å². The van der Waals surface area contributed by atoms with Crippen molar-refractivity contribution >= 4 is 11.8 Å². The van der Waals surface area contributed by atoms with Crippen LogP contribution in [0.5, 0.6) is 0 Å². The molecule has 3 heteroatoms. The molecule has 2 N–H and O–H groups in total. The largest absolute Gasteiger partial charge is 0.392 e. The Morgan fingerprint density at radius 2 is 1.88 bits per heavy atom. The van der Waals surface area contributed by atoms with Gasteiger partial charge in [0.05, 0.1) is 6.10 Å². The summed E-state index contributed by atoms with van der Waals surface area (Å²) >= 11 is 1.71. The monoisotopic (exact) mass is 239 g/mol. The molecule has 90 valence electrons. The third-order valence-corrected chi connectivity index (χ3v) is 3.81. The maximum absolute atomic E-state index is 9.42. The highest BCUT2D eigenvalue weighted by Gasteiger charge is 2.09. The van der Waals surface area contributed by atoms with Crippen molar-refractivity contribution in [3.05, 3.63) is 29.8 Å². The zero-order valence-corrected chi connectivity index (χ0v) is 11.1. The van der Waals surface area contributed by atoms with Gasteiger partial charge in [0.1, 0.15) is 0 Å². The van der Waals surface area contributed by atoms with Crippen molar-refractivity contribution in [2.75, 3.05) is 6.54 Å². The molecule has 2 unspecified atom stereocenters. The fourth-order valence-electron chi connectivity index (χ4n) is 1.27. The summed E-state index contributed by atoms with van der Waals surface area (Å²) in [6, 6.07) is 8.52. The first-order valence-electron chi connectivity index (χ1n) is 5.78. The van der Waals surface area contributed by atoms with Gasteiger partial charge in [-0.2, -0.15) is 0 Å². The van der Waals surface area contributed by atoms with E-state index in [0.717, 1.165) is 13.1 Å². The highest BCUT2D eigenvalue weighted by atomic mass is 32.2. The molecule has 0 aromatic heterocycles. The molecule has 0 amide bonds. The van der Waals surface area contributed by atoms with Crippen LogP contribution in [0.15, 0.2) is 29.2 Å². The van der Waals surface area contributed by atoms with Gasteiger partial charge in [-0.1, -0.05) is 26.0 Å². The molecule has 1 rings (SSSR count). The fraction of sp³-hybridized carbons (Fsp3) is 0.538. The number of hydrogen-bond acceptors (Lipinski definition) is 3. The quantitative estimate of drug-likeness (QED) is 0.749. The molecule has 0 spiro atoms. The SMILES string of the molecule is CCNCc1ccc(SC(C)C(C)O)cc1. The molecular weight excluding hydrogens is 218 g/mol. The summed E-state index contributed by atoms with van der Waals surface area (Å²) in [5.41, 5.74) is 1.30. The number of benzene rings is 1. The number of thioether (sulfide) groups is 1. The molecule has 0 aliphatic heterocycles. The standard InChI is InChI=1S/C13H21NOS/c1-4-14-9-12-5-7-13(8-6-12)16-11(3)10(2)15/h5-8,10-11,14-15H,4,9H2,1-3H3. The molecule has 0 saturated carbocycles. The van der Waals surface area contributed by atoms with E-state index in [0.29, 0.717) is 0 Å². The van der Waals surface area contributed by atoms with E-state index in [1.165, 1.54) is 10.5 Å².